The van der Waals surface area contributed by atoms with E-state index in [-0.39, 0.29) is 62.8 Å². The first-order chi connectivity index (χ1) is 21.9. The third kappa shape index (κ3) is 26.0. The van der Waals surface area contributed by atoms with Crippen molar-refractivity contribution in [2.24, 2.45) is 0 Å². The molecule has 2 atom stereocenters. The van der Waals surface area contributed by atoms with Gasteiger partial charge in [0.1, 0.15) is 29.8 Å². The minimum atomic E-state index is -2.72. The molecule has 0 radical (unpaired) electrons. The van der Waals surface area contributed by atoms with Gasteiger partial charge in [-0.25, -0.2) is 4.21 Å². The van der Waals surface area contributed by atoms with Gasteiger partial charge in [0.2, 0.25) is 0 Å². The summed E-state index contributed by atoms with van der Waals surface area (Å²) in [6.45, 7) is 4.03. The van der Waals surface area contributed by atoms with Crippen LogP contribution in [0.4, 0.5) is 0 Å². The summed E-state index contributed by atoms with van der Waals surface area (Å²) in [6.07, 6.45) is 3.52. The predicted octanol–water partition coefficient (Wildman–Crippen LogP) is 2.44. The molecular formula is C35H45NaO12S. The first-order valence-corrected chi connectivity index (χ1v) is 15.1. The maximum Gasteiger partial charge on any atom is 1.00 e. The number of carbonyl (C=O) groups is 5. The first kappa shape index (κ1) is 49.8. The first-order valence-electron chi connectivity index (χ1n) is 14.1. The second kappa shape index (κ2) is 29.4. The molecule has 0 bridgehead atoms. The molecule has 0 spiro atoms. The van der Waals surface area contributed by atoms with E-state index in [1.165, 1.54) is 20.8 Å². The number of aryl methyl sites for hydroxylation is 3. The molecule has 1 N–H and O–H groups in total. The normalized spacial score (nSPS) is 10.6. The quantitative estimate of drug-likeness (QED) is 0.0645. The molecule has 3 aromatic rings. The molecule has 3 rings (SSSR count). The van der Waals surface area contributed by atoms with Gasteiger partial charge in [-0.2, -0.15) is 0 Å². The Morgan fingerprint density at radius 2 is 0.939 bits per heavy atom. The van der Waals surface area contributed by atoms with Crippen molar-refractivity contribution in [2.45, 2.75) is 80.4 Å². The maximum absolute atomic E-state index is 10.7. The van der Waals surface area contributed by atoms with Gasteiger partial charge < -0.3 is 33.5 Å². The van der Waals surface area contributed by atoms with Crippen LogP contribution in [0.3, 0.4) is 0 Å². The Bertz CT molecular complexity index is 1330. The van der Waals surface area contributed by atoms with Crippen molar-refractivity contribution < 1.29 is 85.8 Å². The van der Waals surface area contributed by atoms with Crippen LogP contribution in [-0.2, 0) is 58.8 Å². The van der Waals surface area contributed by atoms with E-state index in [2.05, 4.69) is 4.18 Å². The number of benzene rings is 3. The molecule has 3 aromatic carbocycles. The zero-order chi connectivity index (χ0) is 34.3. The van der Waals surface area contributed by atoms with Crippen molar-refractivity contribution in [3.63, 3.8) is 0 Å². The number of aldehydes is 2. The summed E-state index contributed by atoms with van der Waals surface area (Å²) in [7, 11) is 0. The number of esters is 3. The predicted molar refractivity (Wildman–Crippen MR) is 180 cm³/mol. The zero-order valence-corrected chi connectivity index (χ0v) is 29.6. The van der Waals surface area contributed by atoms with Crippen LogP contribution in [0.2, 0.25) is 0 Å². The molecule has 264 valence electrons. The van der Waals surface area contributed by atoms with Gasteiger partial charge >= 0.3 is 47.5 Å². The second-order valence-corrected chi connectivity index (χ2v) is 10.0. The van der Waals surface area contributed by atoms with E-state index in [1.54, 1.807) is 48.5 Å². The standard InChI is InChI=1S/C11H14O6S.2C11H12O3.2CH4.Na/c1-8(12)16-10-5-2-9(3-6-10)4-7-11(13)17-18(14)15;2*1-9(13)14-11-6-4-10(5-7-11)3-2-8-12;;;/h2-3,5-6,11,13H,4,7H2,1H3,(H,14,15);2*4-8H,2-3H2,1H3;2*1H4;/q;;;;;+1/p-1. The van der Waals surface area contributed by atoms with Crippen molar-refractivity contribution in [2.75, 3.05) is 0 Å². The summed E-state index contributed by atoms with van der Waals surface area (Å²) in [5.41, 5.74) is 2.99. The van der Waals surface area contributed by atoms with Gasteiger partial charge in [-0.15, -0.1) is 0 Å². The Labute approximate surface area is 313 Å². The number of hydrogen-bond acceptors (Lipinski definition) is 12. The third-order valence-electron chi connectivity index (χ3n) is 5.53. The molecule has 14 heteroatoms. The summed E-state index contributed by atoms with van der Waals surface area (Å²) < 4.78 is 39.0. The van der Waals surface area contributed by atoms with Crippen LogP contribution in [0.5, 0.6) is 17.2 Å². The van der Waals surface area contributed by atoms with Crippen molar-refractivity contribution >= 4 is 41.8 Å². The minimum Gasteiger partial charge on any atom is -0.750 e. The molecule has 12 nitrogen and oxygen atoms in total. The third-order valence-corrected chi connectivity index (χ3v) is 5.91. The minimum absolute atomic E-state index is 0. The smallest absolute Gasteiger partial charge is 0.750 e. The Balaban J connectivity index is -0.000000635. The Morgan fingerprint density at radius 1 is 0.653 bits per heavy atom. The van der Waals surface area contributed by atoms with E-state index in [0.717, 1.165) is 42.1 Å². The number of aliphatic hydroxyl groups is 1. The average Bonchev–Trinajstić information content (AvgIpc) is 2.99. The summed E-state index contributed by atoms with van der Waals surface area (Å²) in [5.74, 6) is 0.448. The SMILES string of the molecule is C.C.CC(=O)Oc1ccc(CCC(O)OS(=O)[O-])cc1.CC(=O)Oc1ccc(CCC=O)cc1.CC(=O)Oc1ccc(CCC=O)cc1.[Na+]. The van der Waals surface area contributed by atoms with Crippen LogP contribution in [0.25, 0.3) is 0 Å². The zero-order valence-electron chi connectivity index (χ0n) is 26.7. The van der Waals surface area contributed by atoms with Gasteiger partial charge in [0.15, 0.2) is 6.29 Å². The van der Waals surface area contributed by atoms with Crippen LogP contribution in [0.15, 0.2) is 72.8 Å². The molecule has 49 heavy (non-hydrogen) atoms. The summed E-state index contributed by atoms with van der Waals surface area (Å²) in [5, 5.41) is 9.17. The Kier molecular flexibility index (Phi) is 29.9. The summed E-state index contributed by atoms with van der Waals surface area (Å²) in [4.78, 5) is 52.1. The number of carbonyl (C=O) groups excluding carboxylic acids is 5. The van der Waals surface area contributed by atoms with Gasteiger partial charge in [-0.3, -0.25) is 18.6 Å². The molecule has 0 aliphatic rings. The molecule has 2 unspecified atom stereocenters. The van der Waals surface area contributed by atoms with Crippen molar-refractivity contribution in [3.8, 4) is 17.2 Å². The summed E-state index contributed by atoms with van der Waals surface area (Å²) >= 11 is -2.72. The van der Waals surface area contributed by atoms with Crippen LogP contribution in [0, 0.1) is 0 Å². The molecule has 0 aromatic heterocycles. The van der Waals surface area contributed by atoms with Crippen molar-refractivity contribution in [1.29, 1.82) is 0 Å². The van der Waals surface area contributed by atoms with E-state index in [4.69, 9.17) is 19.3 Å². The number of ether oxygens (including phenoxy) is 3. The van der Waals surface area contributed by atoms with E-state index < -0.39 is 23.6 Å². The largest absolute Gasteiger partial charge is 1.00 e. The average molecular weight is 713 g/mol. The molecule has 0 amide bonds. The molecule has 0 aliphatic carbocycles. The van der Waals surface area contributed by atoms with E-state index in [9.17, 15) is 32.7 Å². The fraction of sp³-hybridized carbons (Fsp3) is 0.343. The molecule has 0 saturated carbocycles. The topological polar surface area (TPSA) is 183 Å². The molecule has 0 aliphatic heterocycles. The van der Waals surface area contributed by atoms with Crippen LogP contribution < -0.4 is 43.8 Å². The summed E-state index contributed by atoms with van der Waals surface area (Å²) in [6, 6.07) is 21.0. The molecule has 0 heterocycles. The maximum atomic E-state index is 10.7. The molecular weight excluding hydrogens is 667 g/mol. The number of aliphatic hydroxyl groups excluding tert-OH is 1. The van der Waals surface area contributed by atoms with Gasteiger partial charge in [0.05, 0.1) is 11.4 Å². The van der Waals surface area contributed by atoms with E-state index >= 15 is 0 Å². The fourth-order valence-electron chi connectivity index (χ4n) is 3.55. The number of rotatable bonds is 14. The molecule has 0 fully saturated rings. The van der Waals surface area contributed by atoms with E-state index in [1.807, 2.05) is 24.3 Å². The molecule has 0 saturated heterocycles. The van der Waals surface area contributed by atoms with Crippen LogP contribution in [-0.4, -0.2) is 50.6 Å². The van der Waals surface area contributed by atoms with Gasteiger partial charge in [0, 0.05) is 40.0 Å². The number of hydrogen-bond donors (Lipinski definition) is 1. The fourth-order valence-corrected chi connectivity index (χ4v) is 3.83. The van der Waals surface area contributed by atoms with Gasteiger partial charge in [0.25, 0.3) is 0 Å². The van der Waals surface area contributed by atoms with Crippen LogP contribution >= 0.6 is 0 Å². The van der Waals surface area contributed by atoms with Crippen LogP contribution in [0.1, 0.15) is 71.6 Å². The van der Waals surface area contributed by atoms with Crippen molar-refractivity contribution in [3.05, 3.63) is 89.5 Å². The Morgan fingerprint density at radius 3 is 1.18 bits per heavy atom. The van der Waals surface area contributed by atoms with E-state index in [0.29, 0.717) is 36.5 Å². The second-order valence-electron chi connectivity index (χ2n) is 9.42. The van der Waals surface area contributed by atoms with Crippen molar-refractivity contribution in [1.82, 2.24) is 0 Å². The van der Waals surface area contributed by atoms with Gasteiger partial charge in [-0.1, -0.05) is 51.3 Å². The van der Waals surface area contributed by atoms with Gasteiger partial charge in [-0.05, 0) is 72.4 Å². The monoisotopic (exact) mass is 712 g/mol. The Hall–Kier alpha value is -3.56.